The van der Waals surface area contributed by atoms with E-state index >= 15 is 0 Å². The Labute approximate surface area is 124 Å². The molecule has 0 bridgehead atoms. The molecule has 0 spiro atoms. The van der Waals surface area contributed by atoms with Crippen LogP contribution < -0.4 is 10.6 Å². The lowest BCUT2D eigenvalue weighted by Crippen LogP contribution is -2.43. The second kappa shape index (κ2) is 7.33. The molecule has 2 amide bonds. The quantitative estimate of drug-likeness (QED) is 0.793. The molecule has 0 aliphatic rings. The van der Waals surface area contributed by atoms with Crippen LogP contribution in [0.1, 0.15) is 34.1 Å². The van der Waals surface area contributed by atoms with Gasteiger partial charge in [0.2, 0.25) is 11.8 Å². The third kappa shape index (κ3) is 6.10. The van der Waals surface area contributed by atoms with Gasteiger partial charge in [-0.25, -0.2) is 0 Å². The van der Waals surface area contributed by atoms with Gasteiger partial charge >= 0.3 is 0 Å². The maximum absolute atomic E-state index is 11.8. The highest BCUT2D eigenvalue weighted by Gasteiger charge is 2.17. The van der Waals surface area contributed by atoms with Crippen molar-refractivity contribution in [2.75, 3.05) is 11.1 Å². The molecule has 0 aromatic heterocycles. The van der Waals surface area contributed by atoms with Gasteiger partial charge in [0.25, 0.3) is 0 Å². The molecule has 110 valence electrons. The van der Waals surface area contributed by atoms with Gasteiger partial charge < -0.3 is 10.6 Å². The molecule has 1 aromatic rings. The maximum atomic E-state index is 11.8. The summed E-state index contributed by atoms with van der Waals surface area (Å²) < 4.78 is 0. The van der Waals surface area contributed by atoms with Crippen LogP contribution in [0.25, 0.3) is 0 Å². The Kier molecular flexibility index (Phi) is 6.07. The van der Waals surface area contributed by atoms with Crippen molar-refractivity contribution in [3.63, 3.8) is 0 Å². The second-order valence-corrected chi connectivity index (χ2v) is 6.33. The van der Waals surface area contributed by atoms with E-state index in [1.165, 1.54) is 18.7 Å². The number of carbonyl (C=O) groups excluding carboxylic acids is 2. The molecule has 0 atom stereocenters. The number of nitrogens with one attached hydrogen (secondary N) is 2. The van der Waals surface area contributed by atoms with Gasteiger partial charge in [-0.2, -0.15) is 0 Å². The molecule has 2 N–H and O–H groups in total. The SMILES string of the molecule is CCC(C)(C)NC(=O)CSc1ccc(NC(C)=O)cc1. The minimum absolute atomic E-state index is 0.0350. The lowest BCUT2D eigenvalue weighted by Gasteiger charge is -2.24. The molecule has 0 aliphatic carbocycles. The average Bonchev–Trinajstić information content (AvgIpc) is 2.37. The van der Waals surface area contributed by atoms with E-state index in [1.807, 2.05) is 45.0 Å². The summed E-state index contributed by atoms with van der Waals surface area (Å²) in [5, 5.41) is 5.70. The van der Waals surface area contributed by atoms with E-state index in [1.54, 1.807) is 0 Å². The first-order valence-corrected chi connectivity index (χ1v) is 7.62. The molecule has 4 nitrogen and oxygen atoms in total. The van der Waals surface area contributed by atoms with Gasteiger partial charge in [-0.15, -0.1) is 11.8 Å². The number of hydrogen-bond acceptors (Lipinski definition) is 3. The fourth-order valence-electron chi connectivity index (χ4n) is 1.49. The summed E-state index contributed by atoms with van der Waals surface area (Å²) in [6.45, 7) is 7.55. The van der Waals surface area contributed by atoms with E-state index in [0.717, 1.165) is 17.0 Å². The van der Waals surface area contributed by atoms with Gasteiger partial charge in [0, 0.05) is 23.0 Å². The summed E-state index contributed by atoms with van der Waals surface area (Å²) in [5.74, 6) is 0.336. The largest absolute Gasteiger partial charge is 0.351 e. The lowest BCUT2D eigenvalue weighted by atomic mass is 10.0. The molecule has 1 rings (SSSR count). The van der Waals surface area contributed by atoms with E-state index in [0.29, 0.717) is 5.75 Å². The zero-order valence-corrected chi connectivity index (χ0v) is 13.3. The van der Waals surface area contributed by atoms with Crippen LogP contribution in [0.2, 0.25) is 0 Å². The molecule has 0 saturated heterocycles. The van der Waals surface area contributed by atoms with Crippen LogP contribution >= 0.6 is 11.8 Å². The molecule has 1 aromatic carbocycles. The van der Waals surface area contributed by atoms with Crippen LogP contribution in [0, 0.1) is 0 Å². The van der Waals surface area contributed by atoms with E-state index in [-0.39, 0.29) is 17.4 Å². The Hall–Kier alpha value is -1.49. The maximum Gasteiger partial charge on any atom is 0.230 e. The van der Waals surface area contributed by atoms with Crippen molar-refractivity contribution in [3.05, 3.63) is 24.3 Å². The number of hydrogen-bond donors (Lipinski definition) is 2. The Bertz CT molecular complexity index is 469. The minimum atomic E-state index is -0.160. The molecule has 0 aliphatic heterocycles. The highest BCUT2D eigenvalue weighted by atomic mass is 32.2. The van der Waals surface area contributed by atoms with Crippen LogP contribution in [0.15, 0.2) is 29.2 Å². The first-order valence-electron chi connectivity index (χ1n) is 6.64. The van der Waals surface area contributed by atoms with Gasteiger partial charge in [0.15, 0.2) is 0 Å². The van der Waals surface area contributed by atoms with Crippen molar-refractivity contribution in [2.24, 2.45) is 0 Å². The highest BCUT2D eigenvalue weighted by molar-refractivity contribution is 8.00. The van der Waals surface area contributed by atoms with Crippen LogP contribution in [-0.4, -0.2) is 23.1 Å². The van der Waals surface area contributed by atoms with Gasteiger partial charge in [0.05, 0.1) is 5.75 Å². The van der Waals surface area contributed by atoms with Gasteiger partial charge in [-0.3, -0.25) is 9.59 Å². The van der Waals surface area contributed by atoms with Crippen molar-refractivity contribution < 1.29 is 9.59 Å². The number of anilines is 1. The van der Waals surface area contributed by atoms with Crippen LogP contribution in [0.4, 0.5) is 5.69 Å². The Morgan fingerprint density at radius 2 is 1.80 bits per heavy atom. The molecule has 0 radical (unpaired) electrons. The second-order valence-electron chi connectivity index (χ2n) is 5.28. The van der Waals surface area contributed by atoms with Crippen LogP contribution in [0.5, 0.6) is 0 Å². The van der Waals surface area contributed by atoms with Crippen molar-refractivity contribution >= 4 is 29.3 Å². The summed E-state index contributed by atoms with van der Waals surface area (Å²) >= 11 is 1.48. The van der Waals surface area contributed by atoms with Gasteiger partial charge in [0.1, 0.15) is 0 Å². The van der Waals surface area contributed by atoms with Crippen molar-refractivity contribution in [3.8, 4) is 0 Å². The smallest absolute Gasteiger partial charge is 0.230 e. The lowest BCUT2D eigenvalue weighted by molar-refractivity contribution is -0.120. The number of amides is 2. The fraction of sp³-hybridized carbons (Fsp3) is 0.467. The highest BCUT2D eigenvalue weighted by Crippen LogP contribution is 2.20. The molecular weight excluding hydrogens is 272 g/mol. The first kappa shape index (κ1) is 16.6. The van der Waals surface area contributed by atoms with E-state index < -0.39 is 0 Å². The van der Waals surface area contributed by atoms with Gasteiger partial charge in [-0.1, -0.05) is 6.92 Å². The Balaban J connectivity index is 2.46. The number of rotatable bonds is 6. The summed E-state index contributed by atoms with van der Waals surface area (Å²) in [6, 6.07) is 7.46. The molecule has 0 fully saturated rings. The zero-order valence-electron chi connectivity index (χ0n) is 12.4. The van der Waals surface area contributed by atoms with Gasteiger partial charge in [-0.05, 0) is 44.5 Å². The summed E-state index contributed by atoms with van der Waals surface area (Å²) in [5.41, 5.74) is 0.603. The Morgan fingerprint density at radius 3 is 2.30 bits per heavy atom. The third-order valence-corrected chi connectivity index (χ3v) is 3.92. The summed E-state index contributed by atoms with van der Waals surface area (Å²) in [6.07, 6.45) is 0.898. The molecule has 0 unspecified atom stereocenters. The van der Waals surface area contributed by atoms with Crippen LogP contribution in [0.3, 0.4) is 0 Å². The first-order chi connectivity index (χ1) is 9.32. The molecule has 20 heavy (non-hydrogen) atoms. The van der Waals surface area contributed by atoms with Crippen molar-refractivity contribution in [1.29, 1.82) is 0 Å². The monoisotopic (exact) mass is 294 g/mol. The van der Waals surface area contributed by atoms with Crippen molar-refractivity contribution in [1.82, 2.24) is 5.32 Å². The Morgan fingerprint density at radius 1 is 1.20 bits per heavy atom. The number of thioether (sulfide) groups is 1. The predicted molar refractivity (Wildman–Crippen MR) is 84.0 cm³/mol. The molecule has 5 heteroatoms. The molecule has 0 saturated carbocycles. The average molecular weight is 294 g/mol. The topological polar surface area (TPSA) is 58.2 Å². The summed E-state index contributed by atoms with van der Waals surface area (Å²) in [7, 11) is 0. The normalized spacial score (nSPS) is 11.0. The zero-order chi connectivity index (χ0) is 15.2. The predicted octanol–water partition coefficient (Wildman–Crippen LogP) is 3.04. The van der Waals surface area contributed by atoms with Crippen molar-refractivity contribution in [2.45, 2.75) is 44.6 Å². The fourth-order valence-corrected chi connectivity index (χ4v) is 2.19. The summed E-state index contributed by atoms with van der Waals surface area (Å²) in [4.78, 5) is 23.7. The van der Waals surface area contributed by atoms with E-state index in [9.17, 15) is 9.59 Å². The van der Waals surface area contributed by atoms with Crippen LogP contribution in [-0.2, 0) is 9.59 Å². The number of carbonyl (C=O) groups is 2. The molecular formula is C15H22N2O2S. The number of benzene rings is 1. The minimum Gasteiger partial charge on any atom is -0.351 e. The van der Waals surface area contributed by atoms with E-state index in [2.05, 4.69) is 10.6 Å². The molecule has 0 heterocycles. The van der Waals surface area contributed by atoms with E-state index in [4.69, 9.17) is 0 Å². The third-order valence-electron chi connectivity index (χ3n) is 2.91. The standard InChI is InChI=1S/C15H22N2O2S/c1-5-15(3,4)17-14(19)10-20-13-8-6-12(7-9-13)16-11(2)18/h6-9H,5,10H2,1-4H3,(H,16,18)(H,17,19).